The Hall–Kier alpha value is -0.830. The molecule has 0 aliphatic heterocycles. The summed E-state index contributed by atoms with van der Waals surface area (Å²) in [4.78, 5) is 0. The second-order valence-electron chi connectivity index (χ2n) is 2.78. The Kier molecular flexibility index (Phi) is 3.29. The van der Waals surface area contributed by atoms with Gasteiger partial charge in [-0.25, -0.2) is 0 Å². The SMILES string of the molecule is Cc1cnnc(NCC(C)Cl)c1. The van der Waals surface area contributed by atoms with E-state index in [1.165, 1.54) is 0 Å². The van der Waals surface area contributed by atoms with Crippen molar-refractivity contribution in [3.8, 4) is 0 Å². The first kappa shape index (κ1) is 9.26. The zero-order chi connectivity index (χ0) is 8.97. The van der Waals surface area contributed by atoms with Crippen LogP contribution in [0.25, 0.3) is 0 Å². The molecule has 0 saturated carbocycles. The second kappa shape index (κ2) is 4.26. The van der Waals surface area contributed by atoms with Gasteiger partial charge in [0, 0.05) is 11.9 Å². The molecule has 1 rings (SSSR count). The van der Waals surface area contributed by atoms with Gasteiger partial charge in [0.25, 0.3) is 0 Å². The van der Waals surface area contributed by atoms with E-state index < -0.39 is 0 Å². The van der Waals surface area contributed by atoms with Crippen LogP contribution >= 0.6 is 11.6 Å². The fourth-order valence-electron chi connectivity index (χ4n) is 0.796. The fraction of sp³-hybridized carbons (Fsp3) is 0.500. The van der Waals surface area contributed by atoms with Crippen LogP contribution in [0.15, 0.2) is 12.3 Å². The normalized spacial score (nSPS) is 12.6. The van der Waals surface area contributed by atoms with Crippen LogP contribution in [0.5, 0.6) is 0 Å². The predicted molar refractivity (Wildman–Crippen MR) is 50.6 cm³/mol. The molecule has 1 atom stereocenters. The highest BCUT2D eigenvalue weighted by molar-refractivity contribution is 6.20. The van der Waals surface area contributed by atoms with E-state index in [4.69, 9.17) is 11.6 Å². The molecule has 3 nitrogen and oxygen atoms in total. The van der Waals surface area contributed by atoms with Crippen LogP contribution in [0.1, 0.15) is 12.5 Å². The molecule has 4 heteroatoms. The van der Waals surface area contributed by atoms with Crippen molar-refractivity contribution in [3.05, 3.63) is 17.8 Å². The summed E-state index contributed by atoms with van der Waals surface area (Å²) >= 11 is 5.76. The number of nitrogens with one attached hydrogen (secondary N) is 1. The molecule has 66 valence electrons. The lowest BCUT2D eigenvalue weighted by Crippen LogP contribution is -2.11. The van der Waals surface area contributed by atoms with Crippen molar-refractivity contribution in [2.24, 2.45) is 0 Å². The Morgan fingerprint density at radius 1 is 1.67 bits per heavy atom. The summed E-state index contributed by atoms with van der Waals surface area (Å²) in [6.07, 6.45) is 1.72. The van der Waals surface area contributed by atoms with Crippen LogP contribution in [-0.4, -0.2) is 22.1 Å². The maximum atomic E-state index is 5.76. The minimum absolute atomic E-state index is 0.104. The molecule has 0 radical (unpaired) electrons. The van der Waals surface area contributed by atoms with Gasteiger partial charge in [0.05, 0.1) is 6.20 Å². The van der Waals surface area contributed by atoms with Crippen molar-refractivity contribution in [2.75, 3.05) is 11.9 Å². The Bertz CT molecular complexity index is 250. The van der Waals surface area contributed by atoms with E-state index in [9.17, 15) is 0 Å². The highest BCUT2D eigenvalue weighted by atomic mass is 35.5. The van der Waals surface area contributed by atoms with Gasteiger partial charge in [-0.2, -0.15) is 5.10 Å². The Morgan fingerprint density at radius 3 is 3.00 bits per heavy atom. The van der Waals surface area contributed by atoms with Crippen molar-refractivity contribution < 1.29 is 0 Å². The second-order valence-corrected chi connectivity index (χ2v) is 3.52. The van der Waals surface area contributed by atoms with Gasteiger partial charge in [-0.1, -0.05) is 0 Å². The van der Waals surface area contributed by atoms with E-state index in [0.29, 0.717) is 6.54 Å². The number of aromatic nitrogens is 2. The van der Waals surface area contributed by atoms with Gasteiger partial charge in [0.2, 0.25) is 0 Å². The Labute approximate surface area is 77.2 Å². The number of aryl methyl sites for hydroxylation is 1. The summed E-state index contributed by atoms with van der Waals surface area (Å²) in [5.74, 6) is 0.780. The largest absolute Gasteiger partial charge is 0.367 e. The number of hydrogen-bond acceptors (Lipinski definition) is 3. The molecule has 0 aliphatic rings. The maximum absolute atomic E-state index is 5.76. The first-order valence-corrected chi connectivity index (χ1v) is 4.29. The zero-order valence-corrected chi connectivity index (χ0v) is 7.97. The van der Waals surface area contributed by atoms with Gasteiger partial charge in [0.15, 0.2) is 0 Å². The highest BCUT2D eigenvalue weighted by Gasteiger charge is 1.97. The van der Waals surface area contributed by atoms with Gasteiger partial charge in [-0.3, -0.25) is 0 Å². The molecule has 1 heterocycles. The fourth-order valence-corrected chi connectivity index (χ4v) is 0.873. The van der Waals surface area contributed by atoms with Crippen molar-refractivity contribution >= 4 is 17.4 Å². The first-order chi connectivity index (χ1) is 5.68. The molecule has 1 N–H and O–H groups in total. The molecular weight excluding hydrogens is 174 g/mol. The van der Waals surface area contributed by atoms with Crippen LogP contribution in [0.4, 0.5) is 5.82 Å². The van der Waals surface area contributed by atoms with Crippen LogP contribution in [0.3, 0.4) is 0 Å². The van der Waals surface area contributed by atoms with E-state index in [1.807, 2.05) is 19.9 Å². The van der Waals surface area contributed by atoms with Crippen molar-refractivity contribution in [2.45, 2.75) is 19.2 Å². The predicted octanol–water partition coefficient (Wildman–Crippen LogP) is 1.82. The number of nitrogens with zero attached hydrogens (tertiary/aromatic N) is 2. The third-order valence-corrected chi connectivity index (χ3v) is 1.51. The number of anilines is 1. The topological polar surface area (TPSA) is 37.8 Å². The van der Waals surface area contributed by atoms with Crippen molar-refractivity contribution in [3.63, 3.8) is 0 Å². The molecule has 0 amide bonds. The highest BCUT2D eigenvalue weighted by Crippen LogP contribution is 2.04. The van der Waals surface area contributed by atoms with Gasteiger partial charge < -0.3 is 5.32 Å². The lowest BCUT2D eigenvalue weighted by molar-refractivity contribution is 0.945. The van der Waals surface area contributed by atoms with E-state index >= 15 is 0 Å². The van der Waals surface area contributed by atoms with Crippen molar-refractivity contribution in [1.29, 1.82) is 0 Å². The lowest BCUT2D eigenvalue weighted by atomic mass is 10.3. The van der Waals surface area contributed by atoms with Crippen LogP contribution in [0.2, 0.25) is 0 Å². The quantitative estimate of drug-likeness (QED) is 0.731. The molecule has 12 heavy (non-hydrogen) atoms. The van der Waals surface area contributed by atoms with E-state index in [1.54, 1.807) is 6.20 Å². The Balaban J connectivity index is 2.52. The van der Waals surface area contributed by atoms with Gasteiger partial charge >= 0.3 is 0 Å². The van der Waals surface area contributed by atoms with Crippen LogP contribution in [0, 0.1) is 6.92 Å². The average molecular weight is 186 g/mol. The van der Waals surface area contributed by atoms with Crippen LogP contribution in [-0.2, 0) is 0 Å². The van der Waals surface area contributed by atoms with Crippen molar-refractivity contribution in [1.82, 2.24) is 10.2 Å². The zero-order valence-electron chi connectivity index (χ0n) is 7.21. The van der Waals surface area contributed by atoms with Gasteiger partial charge in [-0.15, -0.1) is 16.7 Å². The Morgan fingerprint density at radius 2 is 2.42 bits per heavy atom. The van der Waals surface area contributed by atoms with E-state index in [0.717, 1.165) is 11.4 Å². The van der Waals surface area contributed by atoms with E-state index in [-0.39, 0.29) is 5.38 Å². The summed E-state index contributed by atoms with van der Waals surface area (Å²) in [7, 11) is 0. The molecular formula is C8H12ClN3. The number of rotatable bonds is 3. The van der Waals surface area contributed by atoms with Gasteiger partial charge in [-0.05, 0) is 25.5 Å². The molecule has 0 bridgehead atoms. The molecule has 1 unspecified atom stereocenters. The maximum Gasteiger partial charge on any atom is 0.148 e. The molecule has 0 aliphatic carbocycles. The number of halogens is 1. The lowest BCUT2D eigenvalue weighted by Gasteiger charge is -2.05. The minimum Gasteiger partial charge on any atom is -0.367 e. The summed E-state index contributed by atoms with van der Waals surface area (Å²) in [5.41, 5.74) is 1.09. The first-order valence-electron chi connectivity index (χ1n) is 3.86. The molecule has 1 aromatic heterocycles. The molecule has 0 fully saturated rings. The molecule has 0 spiro atoms. The number of hydrogen-bond donors (Lipinski definition) is 1. The molecule has 0 saturated heterocycles. The standard InChI is InChI=1S/C8H12ClN3/c1-6-3-8(12-11-4-6)10-5-7(2)9/h3-4,7H,5H2,1-2H3,(H,10,12). The summed E-state index contributed by atoms with van der Waals surface area (Å²) in [5, 5.41) is 10.9. The van der Waals surface area contributed by atoms with Gasteiger partial charge in [0.1, 0.15) is 5.82 Å². The summed E-state index contributed by atoms with van der Waals surface area (Å²) < 4.78 is 0. The number of alkyl halides is 1. The smallest absolute Gasteiger partial charge is 0.148 e. The third-order valence-electron chi connectivity index (χ3n) is 1.36. The van der Waals surface area contributed by atoms with E-state index in [2.05, 4.69) is 15.5 Å². The summed E-state index contributed by atoms with van der Waals surface area (Å²) in [6, 6.07) is 1.94. The van der Waals surface area contributed by atoms with Crippen LogP contribution < -0.4 is 5.32 Å². The molecule has 0 aromatic carbocycles. The third kappa shape index (κ3) is 3.05. The summed E-state index contributed by atoms with van der Waals surface area (Å²) in [6.45, 7) is 4.61. The monoisotopic (exact) mass is 185 g/mol. The molecule has 1 aromatic rings. The average Bonchev–Trinajstić information content (AvgIpc) is 2.01. The minimum atomic E-state index is 0.104.